The first-order chi connectivity index (χ1) is 13.6. The number of alkyl halides is 3. The molecule has 2 heterocycles. The molecule has 3 rings (SSSR count). The van der Waals surface area contributed by atoms with E-state index in [2.05, 4.69) is 19.4 Å². The van der Waals surface area contributed by atoms with Crippen LogP contribution in [0.1, 0.15) is 28.0 Å². The van der Waals surface area contributed by atoms with Crippen LogP contribution in [0.4, 0.5) is 18.3 Å². The highest BCUT2D eigenvalue weighted by Gasteiger charge is 2.31. The van der Waals surface area contributed by atoms with Crippen molar-refractivity contribution < 1.29 is 27.8 Å². The molecule has 0 spiro atoms. The maximum Gasteiger partial charge on any atom is 0.573 e. The van der Waals surface area contributed by atoms with Crippen LogP contribution in [0.15, 0.2) is 30.3 Å². The van der Waals surface area contributed by atoms with E-state index in [9.17, 15) is 23.1 Å². The average Bonchev–Trinajstić information content (AvgIpc) is 3.19. The Morgan fingerprint density at radius 2 is 2.10 bits per heavy atom. The van der Waals surface area contributed by atoms with Crippen molar-refractivity contribution in [3.63, 3.8) is 0 Å². The molecule has 0 saturated heterocycles. The quantitative estimate of drug-likeness (QED) is 0.579. The molecule has 2 aromatic heterocycles. The summed E-state index contributed by atoms with van der Waals surface area (Å²) in [4.78, 5) is 18.1. The molecular formula is C18H16F3N3O3S2. The Hall–Kier alpha value is -2.50. The van der Waals surface area contributed by atoms with Gasteiger partial charge >= 0.3 is 6.36 Å². The summed E-state index contributed by atoms with van der Waals surface area (Å²) in [5, 5.41) is 12.3. The fourth-order valence-electron chi connectivity index (χ4n) is 2.51. The zero-order chi connectivity index (χ0) is 21.2. The maximum absolute atomic E-state index is 12.6. The van der Waals surface area contributed by atoms with Crippen LogP contribution in [0.2, 0.25) is 0 Å². The lowest BCUT2D eigenvalue weighted by Gasteiger charge is -2.09. The van der Waals surface area contributed by atoms with Crippen LogP contribution in [0.5, 0.6) is 5.75 Å². The first-order valence-corrected chi connectivity index (χ1v) is 9.98. The number of halogens is 3. The number of aliphatic hydroxyl groups excluding tert-OH is 1. The van der Waals surface area contributed by atoms with Crippen LogP contribution in [-0.2, 0) is 6.42 Å². The Morgan fingerprint density at radius 1 is 1.34 bits per heavy atom. The smallest absolute Gasteiger partial charge is 0.406 e. The van der Waals surface area contributed by atoms with Gasteiger partial charge in [0.15, 0.2) is 0 Å². The summed E-state index contributed by atoms with van der Waals surface area (Å²) in [5.74, 6) is -0.288. The summed E-state index contributed by atoms with van der Waals surface area (Å²) >= 11 is 2.29. The van der Waals surface area contributed by atoms with Gasteiger partial charge in [0, 0.05) is 27.7 Å². The Balaban J connectivity index is 1.77. The Kier molecular flexibility index (Phi) is 6.20. The van der Waals surface area contributed by atoms with Gasteiger partial charge in [0.05, 0.1) is 11.7 Å². The summed E-state index contributed by atoms with van der Waals surface area (Å²) in [7, 11) is 0. The number of amides is 1. The summed E-state index contributed by atoms with van der Waals surface area (Å²) in [5.41, 5.74) is 0.897. The van der Waals surface area contributed by atoms with Crippen LogP contribution in [0.25, 0.3) is 10.4 Å². The molecule has 154 valence electrons. The van der Waals surface area contributed by atoms with E-state index in [-0.39, 0.29) is 12.2 Å². The van der Waals surface area contributed by atoms with Gasteiger partial charge in [-0.2, -0.15) is 4.37 Å². The van der Waals surface area contributed by atoms with E-state index in [4.69, 9.17) is 0 Å². The largest absolute Gasteiger partial charge is 0.573 e. The third-order valence-electron chi connectivity index (χ3n) is 3.68. The lowest BCUT2D eigenvalue weighted by atomic mass is 10.1. The van der Waals surface area contributed by atoms with E-state index in [1.165, 1.54) is 29.5 Å². The molecule has 0 saturated carbocycles. The number of benzene rings is 1. The zero-order valence-corrected chi connectivity index (χ0v) is 16.9. The van der Waals surface area contributed by atoms with Gasteiger partial charge in [0.2, 0.25) is 5.13 Å². The number of carbonyl (C=O) groups is 1. The fourth-order valence-corrected chi connectivity index (χ4v) is 4.12. The predicted molar refractivity (Wildman–Crippen MR) is 104 cm³/mol. The normalized spacial score (nSPS) is 12.6. The second kappa shape index (κ2) is 8.47. The number of thiophene rings is 1. The average molecular weight is 443 g/mol. The topological polar surface area (TPSA) is 84.3 Å². The first kappa shape index (κ1) is 21.2. The number of carbonyl (C=O) groups excluding carboxylic acids is 1. The van der Waals surface area contributed by atoms with Gasteiger partial charge in [0.25, 0.3) is 5.91 Å². The van der Waals surface area contributed by atoms with Crippen molar-refractivity contribution in [2.75, 3.05) is 5.32 Å². The molecule has 2 N–H and O–H groups in total. The second-order valence-corrected chi connectivity index (χ2v) is 8.19. The molecule has 0 radical (unpaired) electrons. The van der Waals surface area contributed by atoms with E-state index in [1.54, 1.807) is 26.0 Å². The minimum absolute atomic E-state index is 0.282. The van der Waals surface area contributed by atoms with Crippen molar-refractivity contribution in [3.8, 4) is 16.2 Å². The number of anilines is 1. The molecule has 11 heteroatoms. The number of ether oxygens (including phenoxy) is 1. The third kappa shape index (κ3) is 5.75. The summed E-state index contributed by atoms with van der Waals surface area (Å²) < 4.78 is 45.3. The molecule has 6 nitrogen and oxygen atoms in total. The molecule has 0 aliphatic rings. The highest BCUT2D eigenvalue weighted by molar-refractivity contribution is 7.15. The standard InChI is InChI=1S/C18H16F3N3O3S2/c1-9(25)6-15-22-17(29-24-15)23-16(26)13-8-14(28-10(13)2)11-4-3-5-12(7-11)27-18(19,20)21/h3-5,7-9,25H,6H2,1-2H3,(H,22,23,24,26). The van der Waals surface area contributed by atoms with Crippen molar-refractivity contribution in [2.24, 2.45) is 0 Å². The van der Waals surface area contributed by atoms with Crippen molar-refractivity contribution in [3.05, 3.63) is 46.6 Å². The second-order valence-electron chi connectivity index (χ2n) is 6.18. The number of aromatic nitrogens is 2. The Labute approximate surface area is 172 Å². The molecule has 29 heavy (non-hydrogen) atoms. The highest BCUT2D eigenvalue weighted by Crippen LogP contribution is 2.34. The van der Waals surface area contributed by atoms with Gasteiger partial charge in [-0.3, -0.25) is 10.1 Å². The van der Waals surface area contributed by atoms with Gasteiger partial charge in [-0.25, -0.2) is 4.98 Å². The van der Waals surface area contributed by atoms with Crippen molar-refractivity contribution in [2.45, 2.75) is 32.7 Å². The highest BCUT2D eigenvalue weighted by atomic mass is 32.1. The van der Waals surface area contributed by atoms with E-state index >= 15 is 0 Å². The number of nitrogens with one attached hydrogen (secondary N) is 1. The Bertz CT molecular complexity index is 1020. The molecule has 0 fully saturated rings. The van der Waals surface area contributed by atoms with E-state index < -0.39 is 18.4 Å². The lowest BCUT2D eigenvalue weighted by Crippen LogP contribution is -2.17. The molecule has 1 amide bonds. The molecule has 0 bridgehead atoms. The van der Waals surface area contributed by atoms with E-state index in [1.807, 2.05) is 0 Å². The maximum atomic E-state index is 12.6. The number of aryl methyl sites for hydroxylation is 1. The minimum atomic E-state index is -4.77. The number of aliphatic hydroxyl groups is 1. The van der Waals surface area contributed by atoms with Gasteiger partial charge in [0.1, 0.15) is 11.6 Å². The monoisotopic (exact) mass is 443 g/mol. The lowest BCUT2D eigenvalue weighted by molar-refractivity contribution is -0.274. The first-order valence-electron chi connectivity index (χ1n) is 8.39. The van der Waals surface area contributed by atoms with Gasteiger partial charge in [-0.1, -0.05) is 12.1 Å². The molecular weight excluding hydrogens is 427 g/mol. The molecule has 0 aliphatic carbocycles. The van der Waals surface area contributed by atoms with Crippen molar-refractivity contribution in [1.82, 2.24) is 9.36 Å². The van der Waals surface area contributed by atoms with E-state index in [0.717, 1.165) is 11.5 Å². The molecule has 1 atom stereocenters. The number of nitrogens with zero attached hydrogens (tertiary/aromatic N) is 2. The number of hydrogen-bond acceptors (Lipinski definition) is 7. The van der Waals surface area contributed by atoms with Crippen LogP contribution < -0.4 is 10.1 Å². The third-order valence-corrected chi connectivity index (χ3v) is 5.45. The summed E-state index contributed by atoms with van der Waals surface area (Å²) in [6.07, 6.45) is -5.08. The van der Waals surface area contributed by atoms with E-state index in [0.29, 0.717) is 31.8 Å². The van der Waals surface area contributed by atoms with Crippen LogP contribution in [0.3, 0.4) is 0 Å². The zero-order valence-electron chi connectivity index (χ0n) is 15.3. The number of hydrogen-bond donors (Lipinski definition) is 2. The van der Waals surface area contributed by atoms with Crippen molar-refractivity contribution >= 4 is 33.9 Å². The minimum Gasteiger partial charge on any atom is -0.406 e. The summed E-state index contributed by atoms with van der Waals surface area (Å²) in [6.45, 7) is 3.36. The SMILES string of the molecule is Cc1sc(-c2cccc(OC(F)(F)F)c2)cc1C(=O)Nc1nc(CC(C)O)ns1. The summed E-state index contributed by atoms with van der Waals surface area (Å²) in [6, 6.07) is 7.19. The van der Waals surface area contributed by atoms with Crippen LogP contribution in [-0.4, -0.2) is 32.8 Å². The van der Waals surface area contributed by atoms with Crippen molar-refractivity contribution in [1.29, 1.82) is 0 Å². The Morgan fingerprint density at radius 3 is 2.79 bits per heavy atom. The van der Waals surface area contributed by atoms with Crippen LogP contribution in [0, 0.1) is 6.92 Å². The fraction of sp³-hybridized carbons (Fsp3) is 0.278. The predicted octanol–water partition coefficient (Wildman–Crippen LogP) is 4.65. The number of rotatable bonds is 6. The van der Waals surface area contributed by atoms with Crippen LogP contribution >= 0.6 is 22.9 Å². The molecule has 1 unspecified atom stereocenters. The van der Waals surface area contributed by atoms with Gasteiger partial charge in [-0.15, -0.1) is 24.5 Å². The molecule has 0 aliphatic heterocycles. The molecule has 3 aromatic rings. The van der Waals surface area contributed by atoms with Gasteiger partial charge < -0.3 is 9.84 Å². The van der Waals surface area contributed by atoms with Gasteiger partial charge in [-0.05, 0) is 37.6 Å². The molecule has 1 aromatic carbocycles.